The van der Waals surface area contributed by atoms with Crippen LogP contribution in [0.4, 0.5) is 5.69 Å². The molecule has 90 valence electrons. The molecule has 0 aliphatic carbocycles. The molecule has 1 aromatic rings. The first kappa shape index (κ1) is 12.8. The molecule has 0 unspecified atom stereocenters. The van der Waals surface area contributed by atoms with Crippen molar-refractivity contribution in [2.75, 3.05) is 0 Å². The monoisotopic (exact) mass is 237 g/mol. The van der Waals surface area contributed by atoms with Crippen molar-refractivity contribution in [1.82, 2.24) is 5.43 Å². The third-order valence-corrected chi connectivity index (χ3v) is 1.85. The minimum Gasteiger partial charge on any atom is -0.383 e. The van der Waals surface area contributed by atoms with E-state index in [1.54, 1.807) is 6.07 Å². The quantitative estimate of drug-likeness (QED) is 0.450. The second kappa shape index (κ2) is 5.71. The number of carbonyl (C=O) groups is 1. The van der Waals surface area contributed by atoms with Crippen LogP contribution in [0.1, 0.15) is 12.5 Å². The van der Waals surface area contributed by atoms with E-state index in [0.717, 1.165) is 0 Å². The number of carbonyl (C=O) groups excluding carboxylic acids is 1. The number of hydrogen-bond donors (Lipinski definition) is 2. The predicted molar refractivity (Wildman–Crippen MR) is 60.5 cm³/mol. The molecule has 0 aromatic heterocycles. The predicted octanol–water partition coefficient (Wildman–Crippen LogP) is 0.426. The van der Waals surface area contributed by atoms with Gasteiger partial charge in [-0.25, -0.2) is 5.43 Å². The lowest BCUT2D eigenvalue weighted by molar-refractivity contribution is -0.384. The average molecular weight is 237 g/mol. The summed E-state index contributed by atoms with van der Waals surface area (Å²) in [5.74, 6) is -0.647. The van der Waals surface area contributed by atoms with Gasteiger partial charge in [0.15, 0.2) is 0 Å². The van der Waals surface area contributed by atoms with E-state index in [2.05, 4.69) is 10.5 Å². The van der Waals surface area contributed by atoms with Crippen molar-refractivity contribution in [3.63, 3.8) is 0 Å². The van der Waals surface area contributed by atoms with Gasteiger partial charge in [0, 0.05) is 17.7 Å². The second-order valence-corrected chi connectivity index (χ2v) is 3.26. The number of aliphatic hydroxyl groups is 1. The van der Waals surface area contributed by atoms with Crippen LogP contribution in [0.2, 0.25) is 0 Å². The summed E-state index contributed by atoms with van der Waals surface area (Å²) in [7, 11) is 0. The third kappa shape index (κ3) is 3.99. The van der Waals surface area contributed by atoms with Crippen molar-refractivity contribution < 1.29 is 14.8 Å². The number of nitrogens with one attached hydrogen (secondary N) is 1. The first-order valence-corrected chi connectivity index (χ1v) is 4.76. The molecular formula is C10H11N3O4. The van der Waals surface area contributed by atoms with Crippen LogP contribution in [-0.2, 0) is 4.79 Å². The van der Waals surface area contributed by atoms with Crippen LogP contribution in [0, 0.1) is 10.1 Å². The van der Waals surface area contributed by atoms with Gasteiger partial charge in [-0.15, -0.1) is 0 Å². The van der Waals surface area contributed by atoms with Crippen molar-refractivity contribution in [1.29, 1.82) is 0 Å². The number of rotatable bonds is 4. The Morgan fingerprint density at radius 1 is 1.65 bits per heavy atom. The molecule has 0 aliphatic heterocycles. The largest absolute Gasteiger partial charge is 0.383 e. The van der Waals surface area contributed by atoms with E-state index in [-0.39, 0.29) is 5.69 Å². The third-order valence-electron chi connectivity index (χ3n) is 1.85. The summed E-state index contributed by atoms with van der Waals surface area (Å²) < 4.78 is 0. The number of benzene rings is 1. The molecule has 0 bridgehead atoms. The molecule has 0 saturated heterocycles. The summed E-state index contributed by atoms with van der Waals surface area (Å²) in [5.41, 5.74) is 2.51. The number of hydrazone groups is 1. The molecular weight excluding hydrogens is 226 g/mol. The van der Waals surface area contributed by atoms with Crippen LogP contribution in [0.25, 0.3) is 0 Å². The van der Waals surface area contributed by atoms with Gasteiger partial charge in [0.25, 0.3) is 11.6 Å². The SMILES string of the molecule is C[C@H](O)C(=O)N/N=C\c1cccc([N+](=O)[O-])c1. The standard InChI is InChI=1S/C10H11N3O4/c1-7(14)10(15)12-11-6-8-3-2-4-9(5-8)13(16)17/h2-7,14H,1H3,(H,12,15)/b11-6-/t7-/m0/s1. The van der Waals surface area contributed by atoms with Crippen LogP contribution in [0.3, 0.4) is 0 Å². The number of nitrogens with zero attached hydrogens (tertiary/aromatic N) is 2. The molecule has 0 spiro atoms. The summed E-state index contributed by atoms with van der Waals surface area (Å²) >= 11 is 0. The Hall–Kier alpha value is -2.28. The zero-order valence-electron chi connectivity index (χ0n) is 9.03. The summed E-state index contributed by atoms with van der Waals surface area (Å²) in [6.07, 6.45) is 0.102. The van der Waals surface area contributed by atoms with Gasteiger partial charge in [-0.3, -0.25) is 14.9 Å². The van der Waals surface area contributed by atoms with E-state index in [9.17, 15) is 14.9 Å². The molecule has 17 heavy (non-hydrogen) atoms. The number of amides is 1. The summed E-state index contributed by atoms with van der Waals surface area (Å²) in [6.45, 7) is 1.30. The first-order chi connectivity index (χ1) is 8.00. The molecule has 7 heteroatoms. The molecule has 1 amide bonds. The van der Waals surface area contributed by atoms with Gasteiger partial charge in [0.1, 0.15) is 6.10 Å². The van der Waals surface area contributed by atoms with E-state index in [1.807, 2.05) is 0 Å². The van der Waals surface area contributed by atoms with Gasteiger partial charge in [-0.2, -0.15) is 5.10 Å². The van der Waals surface area contributed by atoms with Crippen LogP contribution in [0.5, 0.6) is 0 Å². The number of nitro benzene ring substituents is 1. The van der Waals surface area contributed by atoms with Crippen LogP contribution < -0.4 is 5.43 Å². The van der Waals surface area contributed by atoms with Gasteiger partial charge in [0.05, 0.1) is 11.1 Å². The maximum atomic E-state index is 10.9. The fourth-order valence-electron chi connectivity index (χ4n) is 0.983. The average Bonchev–Trinajstić information content (AvgIpc) is 2.29. The Morgan fingerprint density at radius 3 is 2.94 bits per heavy atom. The Labute approximate surface area is 96.9 Å². The number of aliphatic hydroxyl groups excluding tert-OH is 1. The topological polar surface area (TPSA) is 105 Å². The van der Waals surface area contributed by atoms with Crippen molar-refractivity contribution in [3.05, 3.63) is 39.9 Å². The molecule has 0 saturated carbocycles. The van der Waals surface area contributed by atoms with Crippen molar-refractivity contribution >= 4 is 17.8 Å². The summed E-state index contributed by atoms with van der Waals surface area (Å²) in [6, 6.07) is 5.78. The highest BCUT2D eigenvalue weighted by Crippen LogP contribution is 2.11. The Balaban J connectivity index is 2.68. The molecule has 2 N–H and O–H groups in total. The number of non-ortho nitro benzene ring substituents is 1. The Kier molecular flexibility index (Phi) is 4.29. The smallest absolute Gasteiger partial charge is 0.270 e. The maximum Gasteiger partial charge on any atom is 0.270 e. The maximum absolute atomic E-state index is 10.9. The van der Waals surface area contributed by atoms with E-state index in [1.165, 1.54) is 31.3 Å². The van der Waals surface area contributed by atoms with E-state index < -0.39 is 16.9 Å². The molecule has 1 atom stereocenters. The number of hydrogen-bond acceptors (Lipinski definition) is 5. The van der Waals surface area contributed by atoms with Crippen molar-refractivity contribution in [2.24, 2.45) is 5.10 Å². The Morgan fingerprint density at radius 2 is 2.35 bits per heavy atom. The Bertz CT molecular complexity index is 457. The van der Waals surface area contributed by atoms with E-state index in [0.29, 0.717) is 5.56 Å². The fourth-order valence-corrected chi connectivity index (χ4v) is 0.983. The zero-order chi connectivity index (χ0) is 12.8. The van der Waals surface area contributed by atoms with Crippen LogP contribution in [0.15, 0.2) is 29.4 Å². The minimum atomic E-state index is -1.16. The highest BCUT2D eigenvalue weighted by atomic mass is 16.6. The highest BCUT2D eigenvalue weighted by molar-refractivity contribution is 5.84. The fraction of sp³-hybridized carbons (Fsp3) is 0.200. The molecule has 1 rings (SSSR count). The molecule has 0 fully saturated rings. The summed E-state index contributed by atoms with van der Waals surface area (Å²) in [5, 5.41) is 22.9. The normalized spacial score (nSPS) is 12.4. The highest BCUT2D eigenvalue weighted by Gasteiger charge is 2.06. The molecule has 7 nitrogen and oxygen atoms in total. The van der Waals surface area contributed by atoms with Gasteiger partial charge in [0.2, 0.25) is 0 Å². The van der Waals surface area contributed by atoms with Crippen LogP contribution >= 0.6 is 0 Å². The lowest BCUT2D eigenvalue weighted by Gasteiger charge is -2.00. The van der Waals surface area contributed by atoms with E-state index in [4.69, 9.17) is 5.11 Å². The second-order valence-electron chi connectivity index (χ2n) is 3.26. The van der Waals surface area contributed by atoms with Gasteiger partial charge < -0.3 is 5.11 Å². The molecule has 0 heterocycles. The van der Waals surface area contributed by atoms with Crippen molar-refractivity contribution in [2.45, 2.75) is 13.0 Å². The molecule has 0 radical (unpaired) electrons. The van der Waals surface area contributed by atoms with Gasteiger partial charge >= 0.3 is 0 Å². The molecule has 0 aliphatic rings. The van der Waals surface area contributed by atoms with Gasteiger partial charge in [-0.05, 0) is 6.92 Å². The lowest BCUT2D eigenvalue weighted by atomic mass is 10.2. The van der Waals surface area contributed by atoms with Gasteiger partial charge in [-0.1, -0.05) is 12.1 Å². The zero-order valence-corrected chi connectivity index (χ0v) is 9.03. The van der Waals surface area contributed by atoms with Crippen LogP contribution in [-0.4, -0.2) is 28.3 Å². The first-order valence-electron chi connectivity index (χ1n) is 4.76. The lowest BCUT2D eigenvalue weighted by Crippen LogP contribution is -2.28. The molecule has 1 aromatic carbocycles. The van der Waals surface area contributed by atoms with Crippen molar-refractivity contribution in [3.8, 4) is 0 Å². The van der Waals surface area contributed by atoms with E-state index >= 15 is 0 Å². The summed E-state index contributed by atoms with van der Waals surface area (Å²) in [4.78, 5) is 20.9. The minimum absolute atomic E-state index is 0.0594. The number of nitro groups is 1.